The molecule has 2 N–H and O–H groups in total. The Morgan fingerprint density at radius 2 is 1.82 bits per heavy atom. The summed E-state index contributed by atoms with van der Waals surface area (Å²) in [5, 5.41) is 5.19. The summed E-state index contributed by atoms with van der Waals surface area (Å²) in [7, 11) is 3.12. The molecule has 0 aromatic rings. The van der Waals surface area contributed by atoms with Gasteiger partial charge in [0.15, 0.2) is 0 Å². The molecule has 102 valence electrons. The van der Waals surface area contributed by atoms with E-state index in [-0.39, 0.29) is 5.91 Å². The smallest absolute Gasteiger partial charge is 0.233 e. The fraction of sp³-hybridized carbons (Fsp3) is 0.692. The van der Waals surface area contributed by atoms with Crippen molar-refractivity contribution in [2.75, 3.05) is 14.2 Å². The fourth-order valence-electron chi connectivity index (χ4n) is 0.782. The first-order valence-electron chi connectivity index (χ1n) is 6.26. The molecule has 0 heterocycles. The van der Waals surface area contributed by atoms with Crippen molar-refractivity contribution < 1.29 is 14.8 Å². The molecule has 0 aliphatic rings. The Labute approximate surface area is 106 Å². The van der Waals surface area contributed by atoms with Crippen molar-refractivity contribution in [2.45, 2.75) is 47.5 Å². The van der Waals surface area contributed by atoms with Gasteiger partial charge in [0.2, 0.25) is 11.6 Å². The number of hydrogen-bond acceptors (Lipinski definition) is 2. The minimum atomic E-state index is -0.0414. The lowest BCUT2D eigenvalue weighted by Crippen LogP contribution is -2.71. The number of carbonyl (C=O) groups excluding carboxylic acids is 1. The molecule has 0 radical (unpaired) electrons. The first-order valence-corrected chi connectivity index (χ1v) is 6.26. The van der Waals surface area contributed by atoms with Crippen molar-refractivity contribution in [3.05, 3.63) is 12.2 Å². The third-order valence-electron chi connectivity index (χ3n) is 1.42. The molecule has 0 saturated heterocycles. The van der Waals surface area contributed by atoms with E-state index in [0.717, 1.165) is 12.1 Å². The summed E-state index contributed by atoms with van der Waals surface area (Å²) < 4.78 is 0. The molecule has 0 aliphatic heterocycles. The molecule has 0 rings (SSSR count). The average molecular weight is 245 g/mol. The molecule has 17 heavy (non-hydrogen) atoms. The third-order valence-corrected chi connectivity index (χ3v) is 1.42. The van der Waals surface area contributed by atoms with Crippen LogP contribution in [0.15, 0.2) is 12.2 Å². The number of nitrogens with one attached hydrogen (secondary N) is 2. The molecule has 4 heteroatoms. The summed E-state index contributed by atoms with van der Waals surface area (Å²) >= 11 is 0. The summed E-state index contributed by atoms with van der Waals surface area (Å²) in [5.74, 6) is -0.0414. The SMILES string of the molecule is CC.CC.CC/C=C\C(CC(=O)NC)=[NH+]\OC. The monoisotopic (exact) mass is 245 g/mol. The Hall–Kier alpha value is -1.32. The lowest BCUT2D eigenvalue weighted by molar-refractivity contribution is -0.744. The van der Waals surface area contributed by atoms with Crippen molar-refractivity contribution >= 4 is 11.6 Å². The van der Waals surface area contributed by atoms with Gasteiger partial charge in [0.1, 0.15) is 13.5 Å². The maximum Gasteiger partial charge on any atom is 0.233 e. The standard InChI is InChI=1S/C9H16N2O2.2C2H6/c1-4-5-6-8(11-13-3)7-9(12)10-2;2*1-2/h5-6H,4,7H2,1-3H3,(H,10,12);2*1-2H3/p+1/b6-5-,11-8-;;. The van der Waals surface area contributed by atoms with Gasteiger partial charge in [-0.2, -0.15) is 0 Å². The van der Waals surface area contributed by atoms with Gasteiger partial charge in [-0.25, -0.2) is 0 Å². The normalized spacial score (nSPS) is 9.71. The van der Waals surface area contributed by atoms with E-state index in [1.165, 1.54) is 7.11 Å². The van der Waals surface area contributed by atoms with Gasteiger partial charge in [0.05, 0.1) is 0 Å². The van der Waals surface area contributed by atoms with E-state index in [4.69, 9.17) is 4.84 Å². The molecule has 0 unspecified atom stereocenters. The molecule has 0 atom stereocenters. The van der Waals surface area contributed by atoms with Gasteiger partial charge in [-0.05, 0) is 11.6 Å². The second-order valence-corrected chi connectivity index (χ2v) is 2.49. The highest BCUT2D eigenvalue weighted by molar-refractivity contribution is 6.03. The molecule has 1 amide bonds. The minimum Gasteiger partial charge on any atom is -0.359 e. The van der Waals surface area contributed by atoms with Crippen LogP contribution in [0.5, 0.6) is 0 Å². The van der Waals surface area contributed by atoms with Gasteiger partial charge in [0.25, 0.3) is 0 Å². The molecule has 0 fully saturated rings. The second-order valence-electron chi connectivity index (χ2n) is 2.49. The van der Waals surface area contributed by atoms with Crippen LogP contribution in [-0.2, 0) is 9.63 Å². The van der Waals surface area contributed by atoms with Crippen LogP contribution in [0.1, 0.15) is 47.5 Å². The molecule has 0 spiro atoms. The van der Waals surface area contributed by atoms with Gasteiger partial charge in [0, 0.05) is 13.1 Å². The Morgan fingerprint density at radius 1 is 1.29 bits per heavy atom. The lowest BCUT2D eigenvalue weighted by atomic mass is 10.2. The van der Waals surface area contributed by atoms with Gasteiger partial charge in [-0.1, -0.05) is 40.7 Å². The minimum absolute atomic E-state index is 0.0414. The van der Waals surface area contributed by atoms with E-state index in [2.05, 4.69) is 10.5 Å². The highest BCUT2D eigenvalue weighted by Crippen LogP contribution is 1.85. The van der Waals surface area contributed by atoms with Crippen LogP contribution < -0.4 is 10.5 Å². The molecule has 0 bridgehead atoms. The van der Waals surface area contributed by atoms with E-state index >= 15 is 0 Å². The van der Waals surface area contributed by atoms with E-state index in [1.807, 2.05) is 46.8 Å². The largest absolute Gasteiger partial charge is 0.359 e. The summed E-state index contributed by atoms with van der Waals surface area (Å²) in [6.07, 6.45) is 5.05. The number of rotatable bonds is 5. The van der Waals surface area contributed by atoms with E-state index in [0.29, 0.717) is 6.42 Å². The summed E-state index contributed by atoms with van der Waals surface area (Å²) in [5.41, 5.74) is 0.753. The van der Waals surface area contributed by atoms with E-state index in [1.54, 1.807) is 7.05 Å². The van der Waals surface area contributed by atoms with Crippen LogP contribution in [-0.4, -0.2) is 25.8 Å². The topological polar surface area (TPSA) is 52.3 Å². The van der Waals surface area contributed by atoms with Gasteiger partial charge >= 0.3 is 0 Å². The predicted molar refractivity (Wildman–Crippen MR) is 73.8 cm³/mol. The maximum atomic E-state index is 11.0. The molecule has 0 aliphatic carbocycles. The Balaban J connectivity index is -0.000000439. The number of amides is 1. The average Bonchev–Trinajstić information content (AvgIpc) is 2.40. The zero-order valence-corrected chi connectivity index (χ0v) is 12.4. The fourth-order valence-corrected chi connectivity index (χ4v) is 0.782. The van der Waals surface area contributed by atoms with Crippen molar-refractivity contribution in [1.82, 2.24) is 5.32 Å². The van der Waals surface area contributed by atoms with Crippen LogP contribution >= 0.6 is 0 Å². The van der Waals surface area contributed by atoms with Crippen molar-refractivity contribution in [1.29, 1.82) is 0 Å². The van der Waals surface area contributed by atoms with Crippen LogP contribution in [0, 0.1) is 0 Å². The number of carbonyl (C=O) groups is 1. The zero-order valence-electron chi connectivity index (χ0n) is 12.4. The first kappa shape index (κ1) is 21.0. The zero-order chi connectivity index (χ0) is 14.1. The molecule has 0 aromatic carbocycles. The number of hydrogen-bond donors (Lipinski definition) is 2. The van der Waals surface area contributed by atoms with Gasteiger partial charge in [-0.15, -0.1) is 0 Å². The highest BCUT2D eigenvalue weighted by Gasteiger charge is 2.08. The first-order chi connectivity index (χ1) is 8.24. The van der Waals surface area contributed by atoms with E-state index < -0.39 is 0 Å². The molecular weight excluding hydrogens is 216 g/mol. The predicted octanol–water partition coefficient (Wildman–Crippen LogP) is 1.22. The maximum absolute atomic E-state index is 11.0. The lowest BCUT2D eigenvalue weighted by Gasteiger charge is -1.94. The van der Waals surface area contributed by atoms with Gasteiger partial charge in [-0.3, -0.25) is 9.63 Å². The van der Waals surface area contributed by atoms with Crippen LogP contribution in [0.3, 0.4) is 0 Å². The van der Waals surface area contributed by atoms with Crippen molar-refractivity contribution in [3.8, 4) is 0 Å². The van der Waals surface area contributed by atoms with E-state index in [9.17, 15) is 4.79 Å². The van der Waals surface area contributed by atoms with Gasteiger partial charge < -0.3 is 5.32 Å². The van der Waals surface area contributed by atoms with Crippen molar-refractivity contribution in [3.63, 3.8) is 0 Å². The number of allylic oxidation sites excluding steroid dienone is 2. The summed E-state index contributed by atoms with van der Waals surface area (Å²) in [4.78, 5) is 15.7. The summed E-state index contributed by atoms with van der Waals surface area (Å²) in [6.45, 7) is 10.0. The molecule has 4 nitrogen and oxygen atoms in total. The molecule has 0 aromatic heterocycles. The summed E-state index contributed by atoms with van der Waals surface area (Å²) in [6, 6.07) is 0. The second kappa shape index (κ2) is 20.1. The Morgan fingerprint density at radius 3 is 2.18 bits per heavy atom. The van der Waals surface area contributed by atoms with Crippen LogP contribution in [0.25, 0.3) is 0 Å². The van der Waals surface area contributed by atoms with Crippen molar-refractivity contribution in [2.24, 2.45) is 0 Å². The quantitative estimate of drug-likeness (QED) is 0.565. The highest BCUT2D eigenvalue weighted by atomic mass is 16.6. The Bertz CT molecular complexity index is 211. The third kappa shape index (κ3) is 17.3. The van der Waals surface area contributed by atoms with Crippen LogP contribution in [0.4, 0.5) is 0 Å². The Kier molecular flexibility index (Phi) is 24.9. The molecule has 0 saturated carbocycles. The molecular formula is C13H29N2O2+. The van der Waals surface area contributed by atoms with Crippen LogP contribution in [0.2, 0.25) is 0 Å².